The Morgan fingerprint density at radius 2 is 1.48 bits per heavy atom. The zero-order valence-corrected chi connectivity index (χ0v) is 15.0. The molecule has 0 radical (unpaired) electrons. The summed E-state index contributed by atoms with van der Waals surface area (Å²) in [5.74, 6) is 6.19. The minimum Gasteiger partial charge on any atom is -0.399 e. The second-order valence-electron chi connectivity index (χ2n) is 7.20. The van der Waals surface area contributed by atoms with Crippen LogP contribution in [0.5, 0.6) is 0 Å². The molecule has 1 saturated heterocycles. The summed E-state index contributed by atoms with van der Waals surface area (Å²) in [7, 11) is -0.365. The first kappa shape index (κ1) is 17.5. The van der Waals surface area contributed by atoms with Gasteiger partial charge in [0.2, 0.25) is 0 Å². The molecule has 126 valence electrons. The third-order valence-electron chi connectivity index (χ3n) is 4.81. The maximum atomic E-state index is 10.8. The van der Waals surface area contributed by atoms with E-state index in [-0.39, 0.29) is 18.3 Å². The highest BCUT2D eigenvalue weighted by Crippen LogP contribution is 2.36. The van der Waals surface area contributed by atoms with Crippen molar-refractivity contribution in [3.05, 3.63) is 65.2 Å². The molecule has 25 heavy (non-hydrogen) atoms. The fourth-order valence-electron chi connectivity index (χ4n) is 2.54. The first-order valence-electron chi connectivity index (χ1n) is 8.34. The SMILES string of the molecule is CC1(C)OB(c2ccc(C#Cc3cccc(C=O)c3)cc2)OC1(C)C. The van der Waals surface area contributed by atoms with Gasteiger partial charge in [-0.3, -0.25) is 4.79 Å². The van der Waals surface area contributed by atoms with Crippen LogP contribution in [0.15, 0.2) is 48.5 Å². The predicted octanol–water partition coefficient (Wildman–Crippen LogP) is 3.20. The third kappa shape index (κ3) is 3.68. The fraction of sp³-hybridized carbons (Fsp3) is 0.286. The minimum atomic E-state index is -0.365. The molecule has 3 rings (SSSR count). The van der Waals surface area contributed by atoms with Gasteiger partial charge in [0.1, 0.15) is 6.29 Å². The molecule has 1 fully saturated rings. The Morgan fingerprint density at radius 3 is 2.08 bits per heavy atom. The van der Waals surface area contributed by atoms with Gasteiger partial charge in [-0.2, -0.15) is 0 Å². The number of hydrogen-bond acceptors (Lipinski definition) is 3. The molecule has 1 aliphatic heterocycles. The Morgan fingerprint density at radius 1 is 0.880 bits per heavy atom. The second-order valence-corrected chi connectivity index (χ2v) is 7.20. The van der Waals surface area contributed by atoms with Crippen molar-refractivity contribution in [2.24, 2.45) is 0 Å². The van der Waals surface area contributed by atoms with Gasteiger partial charge in [0, 0.05) is 16.7 Å². The normalized spacial score (nSPS) is 17.7. The molecule has 1 aliphatic rings. The van der Waals surface area contributed by atoms with E-state index in [1.165, 1.54) is 0 Å². The third-order valence-corrected chi connectivity index (χ3v) is 4.81. The molecule has 4 heteroatoms. The van der Waals surface area contributed by atoms with Gasteiger partial charge in [0.15, 0.2) is 0 Å². The standard InChI is InChI=1S/C21H21BO3/c1-20(2)21(3,4)25-22(24-20)19-12-10-16(11-13-19)8-9-17-6-5-7-18(14-17)15-23/h5-7,10-15H,1-4H3. The summed E-state index contributed by atoms with van der Waals surface area (Å²) < 4.78 is 12.1. The molecule has 0 atom stereocenters. The summed E-state index contributed by atoms with van der Waals surface area (Å²) in [5.41, 5.74) is 2.63. The number of hydrogen-bond donors (Lipinski definition) is 0. The average Bonchev–Trinajstić information content (AvgIpc) is 2.81. The van der Waals surface area contributed by atoms with Gasteiger partial charge < -0.3 is 9.31 Å². The Balaban J connectivity index is 1.76. The molecule has 1 heterocycles. The Hall–Kier alpha value is -2.35. The highest BCUT2D eigenvalue weighted by atomic mass is 16.7. The van der Waals surface area contributed by atoms with Crippen LogP contribution in [0.25, 0.3) is 0 Å². The zero-order chi connectivity index (χ0) is 18.1. The van der Waals surface area contributed by atoms with Gasteiger partial charge in [-0.15, -0.1) is 0 Å². The molecule has 0 amide bonds. The van der Waals surface area contributed by atoms with Crippen molar-refractivity contribution in [2.75, 3.05) is 0 Å². The monoisotopic (exact) mass is 332 g/mol. The molecular weight excluding hydrogens is 311 g/mol. The second kappa shape index (κ2) is 6.52. The van der Waals surface area contributed by atoms with Crippen LogP contribution in [0.4, 0.5) is 0 Å². The topological polar surface area (TPSA) is 35.5 Å². The van der Waals surface area contributed by atoms with E-state index in [1.807, 2.05) is 64.1 Å². The molecule has 0 saturated carbocycles. The van der Waals surface area contributed by atoms with Gasteiger partial charge >= 0.3 is 7.12 Å². The van der Waals surface area contributed by atoms with E-state index in [0.29, 0.717) is 5.56 Å². The van der Waals surface area contributed by atoms with Crippen LogP contribution in [-0.4, -0.2) is 24.6 Å². The lowest BCUT2D eigenvalue weighted by atomic mass is 9.79. The smallest absolute Gasteiger partial charge is 0.399 e. The van der Waals surface area contributed by atoms with Crippen molar-refractivity contribution < 1.29 is 14.1 Å². The molecule has 2 aromatic carbocycles. The maximum Gasteiger partial charge on any atom is 0.494 e. The quantitative estimate of drug-likeness (QED) is 0.481. The predicted molar refractivity (Wildman–Crippen MR) is 100.0 cm³/mol. The van der Waals surface area contributed by atoms with E-state index >= 15 is 0 Å². The zero-order valence-electron chi connectivity index (χ0n) is 15.0. The molecule has 0 aliphatic carbocycles. The van der Waals surface area contributed by atoms with E-state index in [0.717, 1.165) is 22.9 Å². The molecule has 0 spiro atoms. The summed E-state index contributed by atoms with van der Waals surface area (Å²) in [4.78, 5) is 10.8. The molecule has 3 nitrogen and oxygen atoms in total. The molecule has 0 aromatic heterocycles. The summed E-state index contributed by atoms with van der Waals surface area (Å²) >= 11 is 0. The van der Waals surface area contributed by atoms with Crippen LogP contribution in [0.3, 0.4) is 0 Å². The summed E-state index contributed by atoms with van der Waals surface area (Å²) in [5, 5.41) is 0. The lowest BCUT2D eigenvalue weighted by molar-refractivity contribution is 0.00578. The van der Waals surface area contributed by atoms with Crippen LogP contribution in [-0.2, 0) is 9.31 Å². The Kier molecular flexibility index (Phi) is 4.56. The largest absolute Gasteiger partial charge is 0.494 e. The summed E-state index contributed by atoms with van der Waals surface area (Å²) in [6.07, 6.45) is 0.824. The number of carbonyl (C=O) groups is 1. The van der Waals surface area contributed by atoms with E-state index in [9.17, 15) is 4.79 Å². The lowest BCUT2D eigenvalue weighted by Crippen LogP contribution is -2.41. The van der Waals surface area contributed by atoms with Crippen LogP contribution < -0.4 is 5.46 Å². The van der Waals surface area contributed by atoms with Crippen molar-refractivity contribution in [1.29, 1.82) is 0 Å². The van der Waals surface area contributed by atoms with Crippen molar-refractivity contribution in [3.8, 4) is 11.8 Å². The van der Waals surface area contributed by atoms with Gasteiger partial charge in [0.05, 0.1) is 11.2 Å². The molecule has 0 N–H and O–H groups in total. The van der Waals surface area contributed by atoms with E-state index < -0.39 is 0 Å². The van der Waals surface area contributed by atoms with Crippen molar-refractivity contribution in [2.45, 2.75) is 38.9 Å². The Bertz CT molecular complexity index is 825. The van der Waals surface area contributed by atoms with Gasteiger partial charge in [-0.05, 0) is 57.4 Å². The minimum absolute atomic E-state index is 0.347. The number of rotatable bonds is 2. The van der Waals surface area contributed by atoms with E-state index in [1.54, 1.807) is 12.1 Å². The average molecular weight is 332 g/mol. The first-order chi connectivity index (χ1) is 11.8. The number of aldehydes is 1. The maximum absolute atomic E-state index is 10.8. The molecular formula is C21H21BO3. The van der Waals surface area contributed by atoms with E-state index in [2.05, 4.69) is 11.8 Å². The number of carbonyl (C=O) groups excluding carboxylic acids is 1. The number of benzene rings is 2. The van der Waals surface area contributed by atoms with Crippen molar-refractivity contribution in [3.63, 3.8) is 0 Å². The molecule has 0 unspecified atom stereocenters. The summed E-state index contributed by atoms with van der Waals surface area (Å²) in [6, 6.07) is 15.1. The fourth-order valence-corrected chi connectivity index (χ4v) is 2.54. The Labute approximate surface area is 149 Å². The van der Waals surface area contributed by atoms with Crippen molar-refractivity contribution >= 4 is 18.9 Å². The summed E-state index contributed by atoms with van der Waals surface area (Å²) in [6.45, 7) is 8.17. The highest BCUT2D eigenvalue weighted by molar-refractivity contribution is 6.62. The van der Waals surface area contributed by atoms with Gasteiger partial charge in [-0.1, -0.05) is 36.1 Å². The van der Waals surface area contributed by atoms with Crippen LogP contribution in [0.2, 0.25) is 0 Å². The van der Waals surface area contributed by atoms with Gasteiger partial charge in [-0.25, -0.2) is 0 Å². The van der Waals surface area contributed by atoms with Gasteiger partial charge in [0.25, 0.3) is 0 Å². The first-order valence-corrected chi connectivity index (χ1v) is 8.34. The van der Waals surface area contributed by atoms with Crippen LogP contribution in [0.1, 0.15) is 49.2 Å². The van der Waals surface area contributed by atoms with E-state index in [4.69, 9.17) is 9.31 Å². The highest BCUT2D eigenvalue weighted by Gasteiger charge is 2.51. The van der Waals surface area contributed by atoms with Crippen LogP contribution >= 0.6 is 0 Å². The molecule has 2 aromatic rings. The van der Waals surface area contributed by atoms with Crippen LogP contribution in [0, 0.1) is 11.8 Å². The molecule has 0 bridgehead atoms. The lowest BCUT2D eigenvalue weighted by Gasteiger charge is -2.32. The van der Waals surface area contributed by atoms with Crippen molar-refractivity contribution in [1.82, 2.24) is 0 Å².